The molecular weight excluding hydrogens is 190 g/mol. The van der Waals surface area contributed by atoms with Crippen molar-refractivity contribution in [3.63, 3.8) is 0 Å². The summed E-state index contributed by atoms with van der Waals surface area (Å²) in [6.45, 7) is 2.91. The first kappa shape index (κ1) is 10.8. The Kier molecular flexibility index (Phi) is 3.33. The zero-order chi connectivity index (χ0) is 10.7. The minimum atomic E-state index is -2.45. The van der Waals surface area contributed by atoms with Gasteiger partial charge in [0.25, 0.3) is 6.43 Å². The van der Waals surface area contributed by atoms with E-state index < -0.39 is 13.0 Å². The molecule has 0 radical (unpaired) electrons. The van der Waals surface area contributed by atoms with E-state index in [1.165, 1.54) is 6.20 Å². The summed E-state index contributed by atoms with van der Waals surface area (Å²) in [6.07, 6.45) is -0.701. The van der Waals surface area contributed by atoms with Gasteiger partial charge >= 0.3 is 0 Å². The van der Waals surface area contributed by atoms with Crippen LogP contribution in [0.1, 0.15) is 29.4 Å². The van der Waals surface area contributed by atoms with Crippen molar-refractivity contribution in [2.24, 2.45) is 0 Å². The highest BCUT2D eigenvalue weighted by Gasteiger charge is 2.13. The zero-order valence-corrected chi connectivity index (χ0v) is 8.13. The lowest BCUT2D eigenvalue weighted by atomic mass is 10.1. The van der Waals surface area contributed by atoms with Gasteiger partial charge in [0, 0.05) is 12.6 Å². The fraction of sp³-hybridized carbons (Fsp3) is 0.556. The van der Waals surface area contributed by atoms with Crippen LogP contribution in [0.15, 0.2) is 6.20 Å². The van der Waals surface area contributed by atoms with Gasteiger partial charge in [-0.25, -0.2) is 8.78 Å². The molecule has 0 fully saturated rings. The Balaban J connectivity index is 2.87. The summed E-state index contributed by atoms with van der Waals surface area (Å²) in [5, 5.41) is 3.84. The topological polar surface area (TPSA) is 34.9 Å². The summed E-state index contributed by atoms with van der Waals surface area (Å²) in [7, 11) is 0. The van der Waals surface area contributed by atoms with E-state index in [1.807, 2.05) is 0 Å². The third kappa shape index (κ3) is 2.37. The first-order valence-electron chi connectivity index (χ1n) is 4.40. The minimum Gasteiger partial charge on any atom is -0.294 e. The van der Waals surface area contributed by atoms with Crippen LogP contribution in [0, 0.1) is 6.92 Å². The van der Waals surface area contributed by atoms with E-state index in [9.17, 15) is 13.6 Å². The van der Waals surface area contributed by atoms with Gasteiger partial charge in [-0.1, -0.05) is 6.92 Å². The number of ketones is 1. The molecule has 0 saturated heterocycles. The van der Waals surface area contributed by atoms with Crippen LogP contribution in [0.25, 0.3) is 0 Å². The zero-order valence-electron chi connectivity index (χ0n) is 8.13. The molecule has 1 heterocycles. The molecule has 0 aliphatic rings. The average Bonchev–Trinajstić information content (AvgIpc) is 2.44. The molecule has 0 amide bonds. The normalized spacial score (nSPS) is 10.9. The number of hydrogen-bond donors (Lipinski definition) is 0. The fourth-order valence-corrected chi connectivity index (χ4v) is 1.22. The number of hydrogen-bond acceptors (Lipinski definition) is 2. The van der Waals surface area contributed by atoms with Crippen molar-refractivity contribution in [1.29, 1.82) is 0 Å². The van der Waals surface area contributed by atoms with Crippen LogP contribution < -0.4 is 0 Å². The van der Waals surface area contributed by atoms with Crippen molar-refractivity contribution in [3.05, 3.63) is 17.5 Å². The summed E-state index contributed by atoms with van der Waals surface area (Å²) in [4.78, 5) is 11.3. The van der Waals surface area contributed by atoms with Gasteiger partial charge in [0.05, 0.1) is 11.3 Å². The van der Waals surface area contributed by atoms with Gasteiger partial charge < -0.3 is 0 Å². The lowest BCUT2D eigenvalue weighted by molar-refractivity contribution is 0.0986. The van der Waals surface area contributed by atoms with Gasteiger partial charge in [-0.3, -0.25) is 9.48 Å². The first-order chi connectivity index (χ1) is 6.54. The third-order valence-corrected chi connectivity index (χ3v) is 1.89. The molecule has 0 saturated carbocycles. The number of nitrogens with zero attached hydrogens (tertiary/aromatic N) is 2. The van der Waals surface area contributed by atoms with Crippen molar-refractivity contribution in [1.82, 2.24) is 9.78 Å². The van der Waals surface area contributed by atoms with E-state index in [0.717, 1.165) is 4.68 Å². The van der Waals surface area contributed by atoms with E-state index in [-0.39, 0.29) is 5.78 Å². The highest BCUT2D eigenvalue weighted by molar-refractivity contribution is 5.96. The Morgan fingerprint density at radius 1 is 1.64 bits per heavy atom. The van der Waals surface area contributed by atoms with E-state index in [4.69, 9.17) is 0 Å². The lowest BCUT2D eigenvalue weighted by Crippen LogP contribution is -2.06. The predicted molar refractivity (Wildman–Crippen MR) is 47.6 cm³/mol. The fourth-order valence-electron chi connectivity index (χ4n) is 1.22. The summed E-state index contributed by atoms with van der Waals surface area (Å²) >= 11 is 0. The van der Waals surface area contributed by atoms with Gasteiger partial charge in [0.2, 0.25) is 0 Å². The van der Waals surface area contributed by atoms with Gasteiger partial charge in [-0.15, -0.1) is 0 Å². The molecule has 78 valence electrons. The molecule has 1 rings (SSSR count). The second-order valence-electron chi connectivity index (χ2n) is 3.02. The van der Waals surface area contributed by atoms with Crippen LogP contribution in [0.2, 0.25) is 0 Å². The molecule has 3 nitrogen and oxygen atoms in total. The first-order valence-corrected chi connectivity index (χ1v) is 4.40. The molecule has 5 heteroatoms. The van der Waals surface area contributed by atoms with Crippen LogP contribution in [-0.4, -0.2) is 22.0 Å². The van der Waals surface area contributed by atoms with Crippen molar-refractivity contribution < 1.29 is 13.6 Å². The Labute approximate surface area is 80.7 Å². The number of halogens is 2. The molecule has 0 aromatic carbocycles. The minimum absolute atomic E-state index is 0.0667. The van der Waals surface area contributed by atoms with E-state index in [1.54, 1.807) is 13.8 Å². The Morgan fingerprint density at radius 3 is 2.79 bits per heavy atom. The summed E-state index contributed by atoms with van der Waals surface area (Å²) in [5.41, 5.74) is 0.950. The largest absolute Gasteiger partial charge is 0.294 e. The second kappa shape index (κ2) is 4.30. The van der Waals surface area contributed by atoms with E-state index >= 15 is 0 Å². The van der Waals surface area contributed by atoms with Gasteiger partial charge in [-0.05, 0) is 6.92 Å². The quantitative estimate of drug-likeness (QED) is 0.700. The summed E-state index contributed by atoms with van der Waals surface area (Å²) in [6, 6.07) is 0. The highest BCUT2D eigenvalue weighted by atomic mass is 19.3. The number of alkyl halides is 2. The van der Waals surface area contributed by atoms with Gasteiger partial charge in [0.1, 0.15) is 6.54 Å². The van der Waals surface area contributed by atoms with Crippen LogP contribution in [0.5, 0.6) is 0 Å². The molecule has 0 unspecified atom stereocenters. The smallest absolute Gasteiger partial charge is 0.257 e. The number of carbonyl (C=O) groups is 1. The van der Waals surface area contributed by atoms with Gasteiger partial charge in [-0.2, -0.15) is 5.10 Å². The monoisotopic (exact) mass is 202 g/mol. The molecule has 0 spiro atoms. The van der Waals surface area contributed by atoms with Crippen molar-refractivity contribution in [2.75, 3.05) is 0 Å². The Morgan fingerprint density at radius 2 is 2.29 bits per heavy atom. The molecule has 0 atom stereocenters. The standard InChI is InChI=1S/C9H12F2N2O/c1-3-8(14)7-4-13(5-9(10)11)12-6(7)2/h4,9H,3,5H2,1-2H3. The van der Waals surface area contributed by atoms with Crippen LogP contribution in [-0.2, 0) is 6.54 Å². The number of carbonyl (C=O) groups excluding carboxylic acids is 1. The maximum Gasteiger partial charge on any atom is 0.257 e. The maximum atomic E-state index is 12.0. The molecule has 1 aromatic heterocycles. The van der Waals surface area contributed by atoms with Crippen LogP contribution in [0.3, 0.4) is 0 Å². The van der Waals surface area contributed by atoms with Crippen molar-refractivity contribution in [2.45, 2.75) is 33.2 Å². The Bertz CT molecular complexity index is 334. The van der Waals surface area contributed by atoms with E-state index in [2.05, 4.69) is 5.10 Å². The molecule has 0 aliphatic carbocycles. The molecule has 0 N–H and O–H groups in total. The SMILES string of the molecule is CCC(=O)c1cn(CC(F)F)nc1C. The van der Waals surface area contributed by atoms with Crippen LogP contribution >= 0.6 is 0 Å². The molecular formula is C9H12F2N2O. The molecule has 1 aromatic rings. The van der Waals surface area contributed by atoms with Crippen LogP contribution in [0.4, 0.5) is 8.78 Å². The second-order valence-corrected chi connectivity index (χ2v) is 3.02. The molecule has 0 bridgehead atoms. The number of Topliss-reactive ketones (excluding diaryl/α,β-unsaturated/α-hetero) is 1. The predicted octanol–water partition coefficient (Wildman–Crippen LogP) is 2.05. The summed E-state index contributed by atoms with van der Waals surface area (Å²) < 4.78 is 25.1. The number of rotatable bonds is 4. The Hall–Kier alpha value is -1.26. The van der Waals surface area contributed by atoms with Crippen molar-refractivity contribution in [3.8, 4) is 0 Å². The molecule has 14 heavy (non-hydrogen) atoms. The molecule has 0 aliphatic heterocycles. The summed E-state index contributed by atoms with van der Waals surface area (Å²) in [5.74, 6) is -0.0667. The van der Waals surface area contributed by atoms with Crippen molar-refractivity contribution >= 4 is 5.78 Å². The van der Waals surface area contributed by atoms with E-state index in [0.29, 0.717) is 17.7 Å². The van der Waals surface area contributed by atoms with Gasteiger partial charge in [0.15, 0.2) is 5.78 Å². The third-order valence-electron chi connectivity index (χ3n) is 1.89. The number of aromatic nitrogens is 2. The maximum absolute atomic E-state index is 12.0. The number of aryl methyl sites for hydroxylation is 1. The lowest BCUT2D eigenvalue weighted by Gasteiger charge is -1.97. The highest BCUT2D eigenvalue weighted by Crippen LogP contribution is 2.09. The average molecular weight is 202 g/mol.